The Bertz CT molecular complexity index is 328. The van der Waals surface area contributed by atoms with Gasteiger partial charge in [-0.2, -0.15) is 0 Å². The minimum Gasteiger partial charge on any atom is -0.381 e. The number of hydrogen-bond donors (Lipinski definition) is 2. The van der Waals surface area contributed by atoms with Crippen LogP contribution in [-0.2, 0) is 9.47 Å². The van der Waals surface area contributed by atoms with Crippen LogP contribution in [-0.4, -0.2) is 44.6 Å². The number of ether oxygens (including phenoxy) is 2. The number of fused-ring (bicyclic) bond motifs is 1. The molecule has 4 heteroatoms. The van der Waals surface area contributed by atoms with E-state index in [-0.39, 0.29) is 11.0 Å². The first-order valence-corrected chi connectivity index (χ1v) is 7.74. The van der Waals surface area contributed by atoms with E-state index in [9.17, 15) is 0 Å². The Hall–Kier alpha value is -0.160. The summed E-state index contributed by atoms with van der Waals surface area (Å²) in [4.78, 5) is 0. The molecule has 0 radical (unpaired) electrons. The highest BCUT2D eigenvalue weighted by molar-refractivity contribution is 5.20. The van der Waals surface area contributed by atoms with Gasteiger partial charge in [-0.05, 0) is 25.2 Å². The van der Waals surface area contributed by atoms with Gasteiger partial charge in [0.2, 0.25) is 0 Å². The van der Waals surface area contributed by atoms with E-state index in [1.54, 1.807) is 0 Å². The second-order valence-electron chi connectivity index (χ2n) is 7.16. The van der Waals surface area contributed by atoms with E-state index in [0.717, 1.165) is 39.3 Å². The van der Waals surface area contributed by atoms with E-state index in [2.05, 4.69) is 19.2 Å². The Kier molecular flexibility index (Phi) is 3.63. The second-order valence-corrected chi connectivity index (χ2v) is 7.16. The predicted octanol–water partition coefficient (Wildman–Crippen LogP) is 1.15. The third-order valence-corrected chi connectivity index (χ3v) is 5.77. The lowest BCUT2D eigenvalue weighted by atomic mass is 9.46. The molecule has 110 valence electrons. The molecule has 3 fully saturated rings. The van der Waals surface area contributed by atoms with Crippen LogP contribution in [0.3, 0.4) is 0 Å². The molecule has 2 saturated heterocycles. The first kappa shape index (κ1) is 13.8. The summed E-state index contributed by atoms with van der Waals surface area (Å²) in [5.74, 6) is 1.20. The minimum atomic E-state index is -0.114. The Morgan fingerprint density at radius 1 is 1.26 bits per heavy atom. The minimum absolute atomic E-state index is 0.0806. The summed E-state index contributed by atoms with van der Waals surface area (Å²) in [6.07, 6.45) is 3.93. The van der Waals surface area contributed by atoms with Crippen molar-refractivity contribution in [3.63, 3.8) is 0 Å². The molecule has 3 aliphatic rings. The Morgan fingerprint density at radius 3 is 2.84 bits per heavy atom. The quantitative estimate of drug-likeness (QED) is 0.803. The topological polar surface area (TPSA) is 56.5 Å². The Balaban J connectivity index is 1.55. The summed E-state index contributed by atoms with van der Waals surface area (Å²) < 4.78 is 11.4. The molecular weight excluding hydrogens is 240 g/mol. The van der Waals surface area contributed by atoms with Gasteiger partial charge in [0.1, 0.15) is 0 Å². The highest BCUT2D eigenvalue weighted by atomic mass is 16.5. The zero-order chi connectivity index (χ0) is 13.5. The van der Waals surface area contributed by atoms with Gasteiger partial charge >= 0.3 is 0 Å². The third kappa shape index (κ3) is 2.13. The Morgan fingerprint density at radius 2 is 2.11 bits per heavy atom. The average molecular weight is 268 g/mol. The maximum absolute atomic E-state index is 6.75. The van der Waals surface area contributed by atoms with E-state index in [1.165, 1.54) is 12.8 Å². The fraction of sp³-hybridized carbons (Fsp3) is 1.00. The van der Waals surface area contributed by atoms with Crippen molar-refractivity contribution in [1.29, 1.82) is 0 Å². The van der Waals surface area contributed by atoms with Crippen LogP contribution in [0.15, 0.2) is 0 Å². The third-order valence-electron chi connectivity index (χ3n) is 5.77. The van der Waals surface area contributed by atoms with Crippen molar-refractivity contribution in [3.8, 4) is 0 Å². The molecule has 2 heterocycles. The van der Waals surface area contributed by atoms with Crippen LogP contribution in [0, 0.1) is 17.3 Å². The fourth-order valence-electron chi connectivity index (χ4n) is 4.25. The van der Waals surface area contributed by atoms with Gasteiger partial charge < -0.3 is 20.5 Å². The van der Waals surface area contributed by atoms with Gasteiger partial charge in [-0.3, -0.25) is 0 Å². The maximum atomic E-state index is 6.75. The first-order valence-electron chi connectivity index (χ1n) is 7.74. The van der Waals surface area contributed by atoms with Gasteiger partial charge in [0.15, 0.2) is 0 Å². The molecule has 1 saturated carbocycles. The molecule has 1 aliphatic carbocycles. The molecular formula is C15H28N2O2. The van der Waals surface area contributed by atoms with Gasteiger partial charge in [-0.1, -0.05) is 13.8 Å². The summed E-state index contributed by atoms with van der Waals surface area (Å²) in [6, 6.07) is 0. The summed E-state index contributed by atoms with van der Waals surface area (Å²) in [7, 11) is 0. The number of nitrogens with two attached hydrogens (primary N) is 1. The molecule has 0 bridgehead atoms. The van der Waals surface area contributed by atoms with Crippen LogP contribution in [0.2, 0.25) is 0 Å². The van der Waals surface area contributed by atoms with Crippen LogP contribution >= 0.6 is 0 Å². The second kappa shape index (κ2) is 4.99. The average Bonchev–Trinajstić information content (AvgIpc) is 2.91. The van der Waals surface area contributed by atoms with E-state index in [1.807, 2.05) is 0 Å². The van der Waals surface area contributed by atoms with Crippen molar-refractivity contribution in [3.05, 3.63) is 0 Å². The summed E-state index contributed by atoms with van der Waals surface area (Å²) >= 11 is 0. The monoisotopic (exact) mass is 268 g/mol. The zero-order valence-corrected chi connectivity index (χ0v) is 12.3. The molecule has 4 nitrogen and oxygen atoms in total. The Labute approximate surface area is 116 Å². The zero-order valence-electron chi connectivity index (χ0n) is 12.3. The standard InChI is InChI=1S/C15H28N2O2/c1-14(2)13-12(4-3-6-19-13)15(14,16)10-17-8-11-5-7-18-9-11/h11-13,17H,3-10,16H2,1-2H3. The van der Waals surface area contributed by atoms with Crippen molar-refractivity contribution in [1.82, 2.24) is 5.32 Å². The molecule has 3 rings (SSSR count). The fourth-order valence-corrected chi connectivity index (χ4v) is 4.25. The normalized spacial score (nSPS) is 44.7. The van der Waals surface area contributed by atoms with Crippen LogP contribution in [0.1, 0.15) is 33.1 Å². The van der Waals surface area contributed by atoms with Crippen LogP contribution < -0.4 is 11.1 Å². The van der Waals surface area contributed by atoms with Gasteiger partial charge in [-0.25, -0.2) is 0 Å². The molecule has 2 aliphatic heterocycles. The van der Waals surface area contributed by atoms with Crippen molar-refractivity contribution in [2.24, 2.45) is 23.0 Å². The van der Waals surface area contributed by atoms with Crippen molar-refractivity contribution in [2.75, 3.05) is 32.9 Å². The molecule has 0 amide bonds. The van der Waals surface area contributed by atoms with Gasteiger partial charge in [-0.15, -0.1) is 0 Å². The van der Waals surface area contributed by atoms with Gasteiger partial charge in [0.25, 0.3) is 0 Å². The molecule has 3 N–H and O–H groups in total. The molecule has 0 aromatic heterocycles. The molecule has 0 aromatic rings. The SMILES string of the molecule is CC1(C)C2OCCCC2C1(N)CNCC1CCOC1. The lowest BCUT2D eigenvalue weighted by Gasteiger charge is -2.66. The summed E-state index contributed by atoms with van der Waals surface area (Å²) in [5, 5.41) is 3.60. The highest BCUT2D eigenvalue weighted by Crippen LogP contribution is 2.56. The number of hydrogen-bond acceptors (Lipinski definition) is 4. The van der Waals surface area contributed by atoms with Crippen molar-refractivity contribution >= 4 is 0 Å². The summed E-state index contributed by atoms with van der Waals surface area (Å²) in [5.41, 5.74) is 6.71. The van der Waals surface area contributed by atoms with E-state index in [0.29, 0.717) is 17.9 Å². The van der Waals surface area contributed by atoms with Gasteiger partial charge in [0, 0.05) is 43.2 Å². The lowest BCUT2D eigenvalue weighted by Crippen LogP contribution is -2.80. The van der Waals surface area contributed by atoms with E-state index < -0.39 is 0 Å². The van der Waals surface area contributed by atoms with Crippen LogP contribution in [0.5, 0.6) is 0 Å². The molecule has 19 heavy (non-hydrogen) atoms. The highest BCUT2D eigenvalue weighted by Gasteiger charge is 2.65. The van der Waals surface area contributed by atoms with Crippen LogP contribution in [0.4, 0.5) is 0 Å². The first-order chi connectivity index (χ1) is 9.06. The van der Waals surface area contributed by atoms with Crippen molar-refractivity contribution in [2.45, 2.75) is 44.8 Å². The summed E-state index contributed by atoms with van der Waals surface area (Å²) in [6.45, 7) is 9.20. The number of nitrogens with one attached hydrogen (secondary N) is 1. The van der Waals surface area contributed by atoms with E-state index in [4.69, 9.17) is 15.2 Å². The lowest BCUT2D eigenvalue weighted by molar-refractivity contribution is -0.225. The van der Waals surface area contributed by atoms with E-state index >= 15 is 0 Å². The largest absolute Gasteiger partial charge is 0.381 e. The molecule has 0 spiro atoms. The van der Waals surface area contributed by atoms with Crippen molar-refractivity contribution < 1.29 is 9.47 Å². The smallest absolute Gasteiger partial charge is 0.0690 e. The van der Waals surface area contributed by atoms with Gasteiger partial charge in [0.05, 0.1) is 12.7 Å². The van der Waals surface area contributed by atoms with Crippen LogP contribution in [0.25, 0.3) is 0 Å². The predicted molar refractivity (Wildman–Crippen MR) is 75.0 cm³/mol. The molecule has 0 aromatic carbocycles. The number of rotatable bonds is 4. The maximum Gasteiger partial charge on any atom is 0.0690 e. The molecule has 4 unspecified atom stereocenters. The molecule has 4 atom stereocenters.